The number of carbonyl (C=O) groups is 3. The molecule has 11 heteroatoms. The van der Waals surface area contributed by atoms with Gasteiger partial charge in [-0.15, -0.1) is 0 Å². The number of morpholine rings is 1. The van der Waals surface area contributed by atoms with Gasteiger partial charge in [-0.3, -0.25) is 4.79 Å². The molecule has 3 amide bonds. The van der Waals surface area contributed by atoms with E-state index in [0.717, 1.165) is 16.7 Å². The fourth-order valence-corrected chi connectivity index (χ4v) is 6.98. The second kappa shape index (κ2) is 17.6. The minimum atomic E-state index is -2.06. The third-order valence-electron chi connectivity index (χ3n) is 9.72. The molecule has 1 aliphatic heterocycles. The summed E-state index contributed by atoms with van der Waals surface area (Å²) in [6.45, 7) is 17.7. The third kappa shape index (κ3) is 11.4. The first-order valence-electron chi connectivity index (χ1n) is 18.1. The average Bonchev–Trinajstić information content (AvgIpc) is 3.09. The summed E-state index contributed by atoms with van der Waals surface area (Å²) in [6.07, 6.45) is -0.526. The lowest BCUT2D eigenvalue weighted by Gasteiger charge is -2.41. The molecule has 282 valence electrons. The van der Waals surface area contributed by atoms with Crippen molar-refractivity contribution >= 4 is 32.1 Å². The fraction of sp³-hybridized carbons (Fsp3) is 0.488. The molecule has 0 radical (unpaired) electrons. The van der Waals surface area contributed by atoms with E-state index in [1.807, 2.05) is 106 Å². The first-order valence-corrected chi connectivity index (χ1v) is 21.0. The Bertz CT molecular complexity index is 1580. The van der Waals surface area contributed by atoms with Crippen molar-refractivity contribution in [1.82, 2.24) is 10.2 Å². The van der Waals surface area contributed by atoms with E-state index >= 15 is 0 Å². The van der Waals surface area contributed by atoms with Crippen LogP contribution < -0.4 is 10.6 Å². The molecule has 10 nitrogen and oxygen atoms in total. The van der Waals surface area contributed by atoms with Crippen LogP contribution in [0.5, 0.6) is 0 Å². The fourth-order valence-electron chi connectivity index (χ4n) is 5.94. The summed E-state index contributed by atoms with van der Waals surface area (Å²) in [5, 5.41) is 5.95. The van der Waals surface area contributed by atoms with Crippen molar-refractivity contribution in [1.29, 1.82) is 0 Å². The zero-order valence-corrected chi connectivity index (χ0v) is 33.2. The van der Waals surface area contributed by atoms with Crippen molar-refractivity contribution in [2.75, 3.05) is 32.1 Å². The number of amides is 3. The maximum atomic E-state index is 14.2. The Balaban J connectivity index is 1.55. The number of rotatable bonds is 12. The van der Waals surface area contributed by atoms with E-state index < -0.39 is 32.0 Å². The molecule has 3 aromatic carbocycles. The Morgan fingerprint density at radius 3 is 1.96 bits per heavy atom. The number of anilines is 1. The second-order valence-electron chi connectivity index (χ2n) is 15.9. The molecule has 0 unspecified atom stereocenters. The number of nitrogens with zero attached hydrogens (tertiary/aromatic N) is 1. The number of aryl methyl sites for hydroxylation is 1. The Hall–Kier alpha value is -4.19. The van der Waals surface area contributed by atoms with Crippen molar-refractivity contribution in [3.05, 3.63) is 102 Å². The number of methoxy groups -OCH3 is 1. The highest BCUT2D eigenvalue weighted by Crippen LogP contribution is 2.37. The van der Waals surface area contributed by atoms with Gasteiger partial charge in [0.1, 0.15) is 11.6 Å². The summed E-state index contributed by atoms with van der Waals surface area (Å²) >= 11 is 0. The molecular formula is C41H57N3O7Si. The number of benzene rings is 3. The van der Waals surface area contributed by atoms with Crippen LogP contribution in [-0.4, -0.2) is 82.0 Å². The maximum Gasteiger partial charge on any atom is 0.410 e. The average molecular weight is 732 g/mol. The highest BCUT2D eigenvalue weighted by Gasteiger charge is 2.40. The molecule has 1 aliphatic rings. The number of alkyl carbamates (subject to hydrolysis) is 1. The summed E-state index contributed by atoms with van der Waals surface area (Å²) in [6, 6.07) is 25.9. The molecule has 0 bridgehead atoms. The van der Waals surface area contributed by atoms with Crippen LogP contribution in [-0.2, 0) is 29.9 Å². The number of hydrogen-bond acceptors (Lipinski definition) is 7. The number of para-hydroxylation sites is 1. The van der Waals surface area contributed by atoms with Crippen LogP contribution >= 0.6 is 0 Å². The van der Waals surface area contributed by atoms with Crippen molar-refractivity contribution in [3.8, 4) is 0 Å². The lowest BCUT2D eigenvalue weighted by atomic mass is 9.84. The van der Waals surface area contributed by atoms with E-state index in [1.54, 1.807) is 4.90 Å². The zero-order valence-electron chi connectivity index (χ0n) is 32.2. The van der Waals surface area contributed by atoms with Gasteiger partial charge in [0.05, 0.1) is 39.0 Å². The standard InChI is InChI=1S/C41H57N3O7Si/c1-40(2,3)51-39(47)44-26-32(50-33(27-44)28-49-52(8,9)41(4,5)6)25-24-29-18-16-17-23-34(29)42-37(45)36(43-38(46)48-7)35(30-19-12-10-13-20-30)31-21-14-11-15-22-31/h10-23,32-33,35-36H,24-28H2,1-9H3,(H,42,45)(H,43,46)/t32-,33+,36+/m1/s1. The molecule has 2 N–H and O–H groups in total. The minimum absolute atomic E-state index is 0.0354. The van der Waals surface area contributed by atoms with Gasteiger partial charge in [0.2, 0.25) is 5.91 Å². The van der Waals surface area contributed by atoms with Crippen LogP contribution in [0.3, 0.4) is 0 Å². The minimum Gasteiger partial charge on any atom is -0.453 e. The summed E-state index contributed by atoms with van der Waals surface area (Å²) in [7, 11) is -0.777. The monoisotopic (exact) mass is 731 g/mol. The quantitative estimate of drug-likeness (QED) is 0.181. The molecule has 0 aromatic heterocycles. The van der Waals surface area contributed by atoms with Gasteiger partial charge in [-0.25, -0.2) is 9.59 Å². The third-order valence-corrected chi connectivity index (χ3v) is 14.2. The molecule has 0 saturated carbocycles. The van der Waals surface area contributed by atoms with Gasteiger partial charge in [-0.2, -0.15) is 0 Å². The normalized spacial score (nSPS) is 17.3. The number of hydrogen-bond donors (Lipinski definition) is 2. The van der Waals surface area contributed by atoms with Crippen molar-refractivity contribution in [3.63, 3.8) is 0 Å². The molecule has 3 aromatic rings. The van der Waals surface area contributed by atoms with E-state index in [2.05, 4.69) is 44.5 Å². The largest absolute Gasteiger partial charge is 0.453 e. The summed E-state index contributed by atoms with van der Waals surface area (Å²) < 4.78 is 23.8. The predicted octanol–water partition coefficient (Wildman–Crippen LogP) is 8.14. The molecule has 0 aliphatic carbocycles. The molecule has 1 fully saturated rings. The molecule has 3 atom stereocenters. The number of carbonyl (C=O) groups excluding carboxylic acids is 3. The smallest absolute Gasteiger partial charge is 0.410 e. The van der Waals surface area contributed by atoms with Crippen LogP contribution in [0, 0.1) is 0 Å². The maximum absolute atomic E-state index is 14.2. The van der Waals surface area contributed by atoms with Gasteiger partial charge < -0.3 is 34.2 Å². The lowest BCUT2D eigenvalue weighted by molar-refractivity contribution is -0.118. The Labute approximate surface area is 310 Å². The van der Waals surface area contributed by atoms with Crippen molar-refractivity contribution in [2.45, 2.75) is 102 Å². The summed E-state index contributed by atoms with van der Waals surface area (Å²) in [4.78, 5) is 41.9. The molecule has 1 heterocycles. The highest BCUT2D eigenvalue weighted by molar-refractivity contribution is 6.74. The lowest BCUT2D eigenvalue weighted by Crippen LogP contribution is -2.54. The first-order chi connectivity index (χ1) is 24.5. The van der Waals surface area contributed by atoms with Gasteiger partial charge in [0.25, 0.3) is 0 Å². The van der Waals surface area contributed by atoms with Gasteiger partial charge in [0.15, 0.2) is 8.32 Å². The topological polar surface area (TPSA) is 115 Å². The van der Waals surface area contributed by atoms with Gasteiger partial charge in [-0.1, -0.05) is 99.6 Å². The predicted molar refractivity (Wildman–Crippen MR) is 207 cm³/mol. The molecule has 1 saturated heterocycles. The van der Waals surface area contributed by atoms with Crippen LogP contribution in [0.4, 0.5) is 15.3 Å². The van der Waals surface area contributed by atoms with Crippen LogP contribution in [0.25, 0.3) is 0 Å². The van der Waals surface area contributed by atoms with Crippen molar-refractivity contribution < 1.29 is 33.0 Å². The Morgan fingerprint density at radius 2 is 1.40 bits per heavy atom. The van der Waals surface area contributed by atoms with Crippen LogP contribution in [0.1, 0.15) is 70.6 Å². The van der Waals surface area contributed by atoms with Crippen LogP contribution in [0.15, 0.2) is 84.9 Å². The highest BCUT2D eigenvalue weighted by atomic mass is 28.4. The van der Waals surface area contributed by atoms with Crippen molar-refractivity contribution in [2.24, 2.45) is 0 Å². The zero-order chi connectivity index (χ0) is 38.1. The SMILES string of the molecule is COC(=O)N[C@H](C(=O)Nc1ccccc1CC[C@@H]1CN(C(=O)OC(C)(C)C)C[C@@H](CO[Si](C)(C)C(C)(C)C)O1)C(c1ccccc1)c1ccccc1. The van der Waals surface area contributed by atoms with Crippen LogP contribution in [0.2, 0.25) is 18.1 Å². The van der Waals surface area contributed by atoms with Gasteiger partial charge in [-0.05, 0) is 74.5 Å². The Kier molecular flexibility index (Phi) is 13.7. The van der Waals surface area contributed by atoms with E-state index in [9.17, 15) is 14.4 Å². The molecule has 4 rings (SSSR count). The van der Waals surface area contributed by atoms with E-state index in [1.165, 1.54) is 7.11 Å². The van der Waals surface area contributed by atoms with E-state index in [4.69, 9.17) is 18.6 Å². The summed E-state index contributed by atoms with van der Waals surface area (Å²) in [5.74, 6) is -0.878. The van der Waals surface area contributed by atoms with Gasteiger partial charge >= 0.3 is 12.2 Å². The van der Waals surface area contributed by atoms with Gasteiger partial charge in [0, 0.05) is 11.6 Å². The Morgan fingerprint density at radius 1 is 0.846 bits per heavy atom. The molecular weight excluding hydrogens is 675 g/mol. The first kappa shape index (κ1) is 40.6. The number of ether oxygens (including phenoxy) is 3. The second-order valence-corrected chi connectivity index (χ2v) is 20.7. The summed E-state index contributed by atoms with van der Waals surface area (Å²) in [5.41, 5.74) is 2.64. The number of nitrogens with one attached hydrogen (secondary N) is 2. The molecule has 52 heavy (non-hydrogen) atoms. The van der Waals surface area contributed by atoms with E-state index in [0.29, 0.717) is 38.2 Å². The molecule has 0 spiro atoms. The van der Waals surface area contributed by atoms with E-state index in [-0.39, 0.29) is 29.2 Å².